The molecule has 0 atom stereocenters. The van der Waals surface area contributed by atoms with Gasteiger partial charge < -0.3 is 4.74 Å². The van der Waals surface area contributed by atoms with Crippen molar-refractivity contribution in [1.29, 1.82) is 0 Å². The van der Waals surface area contributed by atoms with Crippen LogP contribution in [0.4, 0.5) is 0 Å². The second kappa shape index (κ2) is 6.51. The van der Waals surface area contributed by atoms with Crippen LogP contribution in [0.5, 0.6) is 0 Å². The Morgan fingerprint density at radius 2 is 1.86 bits per heavy atom. The summed E-state index contributed by atoms with van der Waals surface area (Å²) in [5.74, 6) is -0.317. The number of thiazole rings is 1. The van der Waals surface area contributed by atoms with Crippen molar-refractivity contribution in [1.82, 2.24) is 4.98 Å². The molecule has 1 aromatic heterocycles. The van der Waals surface area contributed by atoms with E-state index >= 15 is 0 Å². The van der Waals surface area contributed by atoms with E-state index in [9.17, 15) is 4.79 Å². The van der Waals surface area contributed by atoms with E-state index in [2.05, 4.69) is 11.1 Å². The first kappa shape index (κ1) is 14.4. The summed E-state index contributed by atoms with van der Waals surface area (Å²) >= 11 is 1.65. The molecule has 0 radical (unpaired) electrons. The number of carbonyl (C=O) groups excluding carboxylic acids is 1. The molecule has 3 nitrogen and oxygen atoms in total. The smallest absolute Gasteiger partial charge is 0.339 e. The third-order valence-corrected chi connectivity index (χ3v) is 6.53. The lowest BCUT2D eigenvalue weighted by atomic mass is 10.2. The molecule has 2 aromatic carbocycles. The maximum atomic E-state index is 11.7. The number of fused-ring (bicyclic) bond motifs is 1. The lowest BCUT2D eigenvalue weighted by molar-refractivity contribution is 0.0597. The van der Waals surface area contributed by atoms with Crippen molar-refractivity contribution >= 4 is 49.1 Å². The molecule has 21 heavy (non-hydrogen) atoms. The van der Waals surface area contributed by atoms with Crippen LogP contribution in [-0.2, 0) is 4.74 Å². The molecule has 6 heteroatoms. The molecule has 0 N–H and O–H groups in total. The van der Waals surface area contributed by atoms with Crippen LogP contribution in [0.1, 0.15) is 10.4 Å². The molecule has 0 aliphatic heterocycles. The molecule has 0 bridgehead atoms. The topological polar surface area (TPSA) is 39.2 Å². The summed E-state index contributed by atoms with van der Waals surface area (Å²) in [6.07, 6.45) is 0. The molecule has 106 valence electrons. The maximum absolute atomic E-state index is 11.7. The molecule has 0 spiro atoms. The summed E-state index contributed by atoms with van der Waals surface area (Å²) in [4.78, 5) is 17.2. The van der Waals surface area contributed by atoms with E-state index in [1.165, 1.54) is 22.6 Å². The number of carbonyl (C=O) groups is 1. The minimum Gasteiger partial charge on any atom is -0.465 e. The van der Waals surface area contributed by atoms with Crippen LogP contribution in [-0.4, -0.2) is 18.1 Å². The van der Waals surface area contributed by atoms with Gasteiger partial charge in [0.05, 0.1) is 22.9 Å². The quantitative estimate of drug-likeness (QED) is 0.502. The van der Waals surface area contributed by atoms with Gasteiger partial charge in [-0.2, -0.15) is 0 Å². The van der Waals surface area contributed by atoms with Crippen LogP contribution in [0.2, 0.25) is 0 Å². The Hall–Kier alpha value is -1.50. The number of methoxy groups -OCH3 is 1. The van der Waals surface area contributed by atoms with Crippen molar-refractivity contribution in [2.45, 2.75) is 9.24 Å². The Balaban J connectivity index is 1.80. The van der Waals surface area contributed by atoms with Crippen molar-refractivity contribution in [3.8, 4) is 0 Å². The monoisotopic (exact) mass is 333 g/mol. The highest BCUT2D eigenvalue weighted by Crippen LogP contribution is 2.42. The van der Waals surface area contributed by atoms with Crippen LogP contribution < -0.4 is 0 Å². The van der Waals surface area contributed by atoms with Crippen molar-refractivity contribution in [2.75, 3.05) is 7.11 Å². The summed E-state index contributed by atoms with van der Waals surface area (Å²) in [6, 6.07) is 15.5. The number of rotatable bonds is 4. The lowest BCUT2D eigenvalue weighted by Gasteiger charge is -2.05. The normalized spacial score (nSPS) is 10.7. The highest BCUT2D eigenvalue weighted by atomic mass is 33.1. The predicted molar refractivity (Wildman–Crippen MR) is 89.1 cm³/mol. The molecular weight excluding hydrogens is 322 g/mol. The summed E-state index contributed by atoms with van der Waals surface area (Å²) in [5.41, 5.74) is 1.59. The van der Waals surface area contributed by atoms with Gasteiger partial charge in [-0.15, -0.1) is 11.3 Å². The fourth-order valence-electron chi connectivity index (χ4n) is 1.79. The number of esters is 1. The Kier molecular flexibility index (Phi) is 4.48. The number of aromatic nitrogens is 1. The largest absolute Gasteiger partial charge is 0.465 e. The Labute approximate surface area is 134 Å². The minimum absolute atomic E-state index is 0.317. The molecule has 3 rings (SSSR count). The molecule has 3 aromatic rings. The summed E-state index contributed by atoms with van der Waals surface area (Å²) in [5, 5.41) is 0. The first-order valence-electron chi connectivity index (χ1n) is 6.15. The standard InChI is InChI=1S/C15H11NO2S3/c1-18-14(17)10-6-2-4-8-12(10)20-21-15-16-11-7-3-5-9-13(11)19-15/h2-9H,1H3. The van der Waals surface area contributed by atoms with Crippen LogP contribution in [0, 0.1) is 0 Å². The maximum Gasteiger partial charge on any atom is 0.339 e. The van der Waals surface area contributed by atoms with Gasteiger partial charge in [-0.25, -0.2) is 9.78 Å². The third kappa shape index (κ3) is 3.23. The van der Waals surface area contributed by atoms with E-state index in [4.69, 9.17) is 4.74 Å². The van der Waals surface area contributed by atoms with Gasteiger partial charge in [-0.1, -0.05) is 24.3 Å². The Bertz CT molecular complexity index is 752. The minimum atomic E-state index is -0.317. The van der Waals surface area contributed by atoms with Crippen LogP contribution in [0.3, 0.4) is 0 Å². The summed E-state index contributed by atoms with van der Waals surface area (Å²) < 4.78 is 6.94. The lowest BCUT2D eigenvalue weighted by Crippen LogP contribution is -2.02. The number of hydrogen-bond donors (Lipinski definition) is 0. The van der Waals surface area contributed by atoms with Gasteiger partial charge in [0.1, 0.15) is 0 Å². The molecule has 0 amide bonds. The molecule has 0 aliphatic carbocycles. The number of ether oxygens (including phenoxy) is 1. The Morgan fingerprint density at radius 3 is 2.67 bits per heavy atom. The van der Waals surface area contributed by atoms with E-state index in [1.54, 1.807) is 28.2 Å². The van der Waals surface area contributed by atoms with Crippen molar-refractivity contribution in [3.63, 3.8) is 0 Å². The SMILES string of the molecule is COC(=O)c1ccccc1SSc1nc2ccccc2s1. The van der Waals surface area contributed by atoms with E-state index in [1.807, 2.05) is 36.4 Å². The fourth-order valence-corrected chi connectivity index (χ4v) is 5.20. The molecule has 0 saturated carbocycles. The zero-order valence-electron chi connectivity index (χ0n) is 11.1. The van der Waals surface area contributed by atoms with E-state index in [-0.39, 0.29) is 5.97 Å². The van der Waals surface area contributed by atoms with E-state index < -0.39 is 0 Å². The van der Waals surface area contributed by atoms with Crippen molar-refractivity contribution in [3.05, 3.63) is 54.1 Å². The van der Waals surface area contributed by atoms with Crippen molar-refractivity contribution in [2.24, 2.45) is 0 Å². The molecule has 0 aliphatic rings. The molecule has 0 saturated heterocycles. The van der Waals surface area contributed by atoms with Gasteiger partial charge in [-0.05, 0) is 45.9 Å². The van der Waals surface area contributed by atoms with E-state index in [0.717, 1.165) is 14.8 Å². The van der Waals surface area contributed by atoms with Gasteiger partial charge >= 0.3 is 5.97 Å². The first-order valence-corrected chi connectivity index (χ1v) is 9.12. The molecular formula is C15H11NO2S3. The van der Waals surface area contributed by atoms with Gasteiger partial charge in [0.25, 0.3) is 0 Å². The number of hydrogen-bond acceptors (Lipinski definition) is 6. The Morgan fingerprint density at radius 1 is 1.10 bits per heavy atom. The van der Waals surface area contributed by atoms with Crippen LogP contribution >= 0.6 is 32.9 Å². The van der Waals surface area contributed by atoms with Crippen molar-refractivity contribution < 1.29 is 9.53 Å². The molecule has 0 fully saturated rings. The summed E-state index contributed by atoms with van der Waals surface area (Å²) in [7, 11) is 4.47. The van der Waals surface area contributed by atoms with Crippen LogP contribution in [0.25, 0.3) is 10.2 Å². The number of para-hydroxylation sites is 1. The first-order chi connectivity index (χ1) is 10.3. The second-order valence-electron chi connectivity index (χ2n) is 4.10. The summed E-state index contributed by atoms with van der Waals surface area (Å²) in [6.45, 7) is 0. The van der Waals surface area contributed by atoms with Gasteiger partial charge in [0.2, 0.25) is 0 Å². The van der Waals surface area contributed by atoms with Crippen LogP contribution in [0.15, 0.2) is 57.8 Å². The zero-order chi connectivity index (χ0) is 14.7. The number of nitrogens with zero attached hydrogens (tertiary/aromatic N) is 1. The molecule has 1 heterocycles. The molecule has 0 unspecified atom stereocenters. The zero-order valence-corrected chi connectivity index (χ0v) is 13.6. The van der Waals surface area contributed by atoms with Gasteiger partial charge in [0.15, 0.2) is 4.34 Å². The average Bonchev–Trinajstić information content (AvgIpc) is 2.95. The number of benzene rings is 2. The predicted octanol–water partition coefficient (Wildman–Crippen LogP) is 4.88. The average molecular weight is 333 g/mol. The van der Waals surface area contributed by atoms with Gasteiger partial charge in [-0.3, -0.25) is 0 Å². The fraction of sp³-hybridized carbons (Fsp3) is 0.0667. The highest BCUT2D eigenvalue weighted by molar-refractivity contribution is 8.77. The second-order valence-corrected chi connectivity index (χ2v) is 7.55. The van der Waals surface area contributed by atoms with Gasteiger partial charge in [0, 0.05) is 4.90 Å². The highest BCUT2D eigenvalue weighted by Gasteiger charge is 2.13. The third-order valence-electron chi connectivity index (χ3n) is 2.77. The van der Waals surface area contributed by atoms with E-state index in [0.29, 0.717) is 5.56 Å².